The number of aryl methyl sites for hydroxylation is 1. The molecule has 27 heavy (non-hydrogen) atoms. The number of benzene rings is 1. The quantitative estimate of drug-likeness (QED) is 0.754. The van der Waals surface area contributed by atoms with E-state index in [1.807, 2.05) is 47.6 Å². The average molecular weight is 368 g/mol. The van der Waals surface area contributed by atoms with Crippen LogP contribution in [0.2, 0.25) is 0 Å². The molecular formula is C20H28N6O. The number of hydrogen-bond donors (Lipinski definition) is 3. The second kappa shape index (κ2) is 7.80. The predicted octanol–water partition coefficient (Wildman–Crippen LogP) is 1.15. The number of hydrazine groups is 1. The third-order valence-electron chi connectivity index (χ3n) is 5.79. The summed E-state index contributed by atoms with van der Waals surface area (Å²) in [6.07, 6.45) is 5.64. The molecular weight excluding hydrogens is 340 g/mol. The number of imidazole rings is 1. The van der Waals surface area contributed by atoms with Crippen LogP contribution in [0.3, 0.4) is 0 Å². The molecule has 0 radical (unpaired) electrons. The summed E-state index contributed by atoms with van der Waals surface area (Å²) in [7, 11) is 0. The highest BCUT2D eigenvalue weighted by Crippen LogP contribution is 2.30. The van der Waals surface area contributed by atoms with Crippen molar-refractivity contribution in [2.45, 2.75) is 50.4 Å². The van der Waals surface area contributed by atoms with Crippen LogP contribution in [0.1, 0.15) is 43.0 Å². The Kier molecular flexibility index (Phi) is 5.24. The largest absolute Gasteiger partial charge is 0.341 e. The normalized spacial score (nSPS) is 28.4. The zero-order chi connectivity index (χ0) is 18.8. The Balaban J connectivity index is 1.51. The molecule has 2 saturated heterocycles. The summed E-state index contributed by atoms with van der Waals surface area (Å²) in [6, 6.07) is 9.68. The number of aromatic nitrogens is 2. The molecule has 7 nitrogen and oxygen atoms in total. The summed E-state index contributed by atoms with van der Waals surface area (Å²) in [6.45, 7) is 4.53. The highest BCUT2D eigenvalue weighted by molar-refractivity contribution is 5.83. The van der Waals surface area contributed by atoms with Gasteiger partial charge in [-0.05, 0) is 25.3 Å². The van der Waals surface area contributed by atoms with Gasteiger partial charge >= 0.3 is 0 Å². The van der Waals surface area contributed by atoms with Crippen molar-refractivity contribution < 1.29 is 4.79 Å². The molecule has 2 aromatic rings. The number of likely N-dealkylation sites (tertiary alicyclic amines) is 1. The topological polar surface area (TPSA) is 88.2 Å². The molecule has 2 aliphatic rings. The molecule has 4 atom stereocenters. The van der Waals surface area contributed by atoms with Gasteiger partial charge < -0.3 is 15.2 Å². The average Bonchev–Trinajstić information content (AvgIpc) is 3.34. The Morgan fingerprint density at radius 2 is 2.11 bits per heavy atom. The third kappa shape index (κ3) is 3.50. The number of nitrogens with one attached hydrogen (secondary N) is 2. The lowest BCUT2D eigenvalue weighted by Crippen LogP contribution is -2.50. The van der Waals surface area contributed by atoms with Gasteiger partial charge in [0.25, 0.3) is 0 Å². The van der Waals surface area contributed by atoms with Gasteiger partial charge in [0.2, 0.25) is 5.91 Å². The van der Waals surface area contributed by atoms with Crippen molar-refractivity contribution >= 4 is 5.91 Å². The fraction of sp³-hybridized carbons (Fsp3) is 0.500. The van der Waals surface area contributed by atoms with Gasteiger partial charge in [-0.3, -0.25) is 4.79 Å². The molecule has 0 saturated carbocycles. The summed E-state index contributed by atoms with van der Waals surface area (Å²) in [5.74, 6) is 1.40. The van der Waals surface area contributed by atoms with Crippen LogP contribution >= 0.6 is 0 Å². The predicted molar refractivity (Wildman–Crippen MR) is 104 cm³/mol. The first-order valence-corrected chi connectivity index (χ1v) is 9.80. The molecule has 4 N–H and O–H groups in total. The van der Waals surface area contributed by atoms with Gasteiger partial charge in [-0.2, -0.15) is 0 Å². The standard InChI is InChI=1S/C20H28N6O/c1-2-25-12-10-22-19(25)15-9-6-11-26(13-15)20(27)17-16(18(21)24-23-17)14-7-4-3-5-8-14/h3-5,7-8,10,12,15-18,23-24H,2,6,9,11,13,21H2,1H3. The zero-order valence-corrected chi connectivity index (χ0v) is 15.7. The Morgan fingerprint density at radius 3 is 2.89 bits per heavy atom. The molecule has 3 heterocycles. The summed E-state index contributed by atoms with van der Waals surface area (Å²) in [5.41, 5.74) is 13.5. The van der Waals surface area contributed by atoms with Crippen LogP contribution in [-0.4, -0.2) is 45.7 Å². The monoisotopic (exact) mass is 368 g/mol. The maximum atomic E-state index is 13.3. The van der Waals surface area contributed by atoms with Gasteiger partial charge in [0.05, 0.1) is 6.17 Å². The highest BCUT2D eigenvalue weighted by atomic mass is 16.2. The van der Waals surface area contributed by atoms with Crippen molar-refractivity contribution in [1.82, 2.24) is 25.3 Å². The van der Waals surface area contributed by atoms with Crippen molar-refractivity contribution in [2.24, 2.45) is 5.73 Å². The lowest BCUT2D eigenvalue weighted by atomic mass is 9.89. The zero-order valence-electron chi connectivity index (χ0n) is 15.7. The number of carbonyl (C=O) groups excluding carboxylic acids is 1. The maximum Gasteiger partial charge on any atom is 0.241 e. The van der Waals surface area contributed by atoms with Crippen molar-refractivity contribution in [2.75, 3.05) is 13.1 Å². The Hall–Kier alpha value is -2.22. The minimum atomic E-state index is -0.355. The first-order valence-electron chi connectivity index (χ1n) is 9.80. The molecule has 1 aromatic carbocycles. The molecule has 144 valence electrons. The molecule has 1 aromatic heterocycles. The summed E-state index contributed by atoms with van der Waals surface area (Å²) in [5, 5.41) is 0. The lowest BCUT2D eigenvalue weighted by Gasteiger charge is -2.35. The molecule has 0 aliphatic carbocycles. The van der Waals surface area contributed by atoms with Crippen LogP contribution in [0, 0.1) is 0 Å². The van der Waals surface area contributed by atoms with Gasteiger partial charge in [-0.15, -0.1) is 0 Å². The van der Waals surface area contributed by atoms with Gasteiger partial charge in [-0.25, -0.2) is 15.8 Å². The van der Waals surface area contributed by atoms with E-state index in [9.17, 15) is 4.79 Å². The van der Waals surface area contributed by atoms with E-state index >= 15 is 0 Å². The van der Waals surface area contributed by atoms with E-state index in [1.165, 1.54) is 0 Å². The number of amides is 1. The molecule has 0 spiro atoms. The molecule has 1 amide bonds. The lowest BCUT2D eigenvalue weighted by molar-refractivity contribution is -0.134. The van der Waals surface area contributed by atoms with Gasteiger partial charge in [0, 0.05) is 43.9 Å². The van der Waals surface area contributed by atoms with Crippen LogP contribution < -0.4 is 16.6 Å². The van der Waals surface area contributed by atoms with Crippen LogP contribution in [-0.2, 0) is 11.3 Å². The van der Waals surface area contributed by atoms with E-state index in [0.29, 0.717) is 6.54 Å². The SMILES string of the molecule is CCn1ccnc1C1CCCN(C(=O)C2NNC(N)C2c2ccccc2)C1. The van der Waals surface area contributed by atoms with Gasteiger partial charge in [0.1, 0.15) is 11.9 Å². The second-order valence-electron chi connectivity index (χ2n) is 7.42. The number of piperidine rings is 1. The first-order chi connectivity index (χ1) is 13.2. The number of rotatable bonds is 4. The maximum absolute atomic E-state index is 13.3. The van der Waals surface area contributed by atoms with E-state index in [2.05, 4.69) is 27.3 Å². The van der Waals surface area contributed by atoms with E-state index in [0.717, 1.165) is 37.3 Å². The van der Waals surface area contributed by atoms with E-state index in [1.54, 1.807) is 0 Å². The fourth-order valence-corrected chi connectivity index (χ4v) is 4.40. The second-order valence-corrected chi connectivity index (χ2v) is 7.42. The van der Waals surface area contributed by atoms with Crippen molar-refractivity contribution in [1.29, 1.82) is 0 Å². The van der Waals surface area contributed by atoms with Crippen LogP contribution in [0.5, 0.6) is 0 Å². The Morgan fingerprint density at radius 1 is 1.30 bits per heavy atom. The van der Waals surface area contributed by atoms with Crippen molar-refractivity contribution in [3.63, 3.8) is 0 Å². The van der Waals surface area contributed by atoms with Gasteiger partial charge in [0.15, 0.2) is 0 Å². The minimum Gasteiger partial charge on any atom is -0.341 e. The number of carbonyl (C=O) groups is 1. The summed E-state index contributed by atoms with van der Waals surface area (Å²) in [4.78, 5) is 19.9. The molecule has 2 fully saturated rings. The fourth-order valence-electron chi connectivity index (χ4n) is 4.40. The molecule has 4 unspecified atom stereocenters. The number of hydrogen-bond acceptors (Lipinski definition) is 5. The summed E-state index contributed by atoms with van der Waals surface area (Å²) >= 11 is 0. The third-order valence-corrected chi connectivity index (χ3v) is 5.79. The molecule has 4 rings (SSSR count). The van der Waals surface area contributed by atoms with Crippen molar-refractivity contribution in [3.05, 3.63) is 54.1 Å². The number of nitrogens with two attached hydrogens (primary N) is 1. The molecule has 0 bridgehead atoms. The molecule has 2 aliphatic heterocycles. The van der Waals surface area contributed by atoms with E-state index in [-0.39, 0.29) is 30.0 Å². The summed E-state index contributed by atoms with van der Waals surface area (Å²) < 4.78 is 2.18. The smallest absolute Gasteiger partial charge is 0.241 e. The van der Waals surface area contributed by atoms with Crippen LogP contribution in [0.25, 0.3) is 0 Å². The highest BCUT2D eigenvalue weighted by Gasteiger charge is 2.42. The Labute approximate surface area is 159 Å². The molecule has 7 heteroatoms. The van der Waals surface area contributed by atoms with E-state index in [4.69, 9.17) is 5.73 Å². The number of nitrogens with zero attached hydrogens (tertiary/aromatic N) is 3. The van der Waals surface area contributed by atoms with Crippen molar-refractivity contribution in [3.8, 4) is 0 Å². The van der Waals surface area contributed by atoms with Gasteiger partial charge in [-0.1, -0.05) is 30.3 Å². The first kappa shape index (κ1) is 18.2. The van der Waals surface area contributed by atoms with Crippen LogP contribution in [0.4, 0.5) is 0 Å². The van der Waals surface area contributed by atoms with Crippen LogP contribution in [0.15, 0.2) is 42.7 Å². The van der Waals surface area contributed by atoms with E-state index < -0.39 is 0 Å². The Bertz CT molecular complexity index is 776. The minimum absolute atomic E-state index is 0.0864.